The van der Waals surface area contributed by atoms with Crippen LogP contribution in [0.4, 0.5) is 5.69 Å². The van der Waals surface area contributed by atoms with Crippen LogP contribution in [-0.2, 0) is 17.8 Å². The summed E-state index contributed by atoms with van der Waals surface area (Å²) in [6, 6.07) is 13.0. The molecule has 1 aliphatic carbocycles. The minimum atomic E-state index is 0.0989. The summed E-state index contributed by atoms with van der Waals surface area (Å²) in [4.78, 5) is 17.8. The topological polar surface area (TPSA) is 54.3 Å². The van der Waals surface area contributed by atoms with E-state index in [0.717, 1.165) is 28.7 Å². The molecule has 0 atom stereocenters. The standard InChI is InChI=1S/C22H27N5OS2/c1-25(2)17-8-6-16(7-9-17)14-26(3)21(28)15-30-22-24-23-20(27(22)18-10-11-18)13-19-5-4-12-29-19/h4-9,12,18H,10-11,13-15H2,1-3H3. The summed E-state index contributed by atoms with van der Waals surface area (Å²) >= 11 is 3.24. The van der Waals surface area contributed by atoms with Crippen molar-refractivity contribution in [2.75, 3.05) is 31.8 Å². The number of thiophene rings is 1. The molecular formula is C22H27N5OS2. The van der Waals surface area contributed by atoms with Gasteiger partial charge in [-0.15, -0.1) is 21.5 Å². The predicted molar refractivity (Wildman–Crippen MR) is 123 cm³/mol. The van der Waals surface area contributed by atoms with E-state index < -0.39 is 0 Å². The molecule has 4 rings (SSSR count). The van der Waals surface area contributed by atoms with Crippen molar-refractivity contribution in [2.45, 2.75) is 37.0 Å². The zero-order chi connectivity index (χ0) is 21.1. The Hall–Kier alpha value is -2.32. The molecule has 3 aromatic rings. The van der Waals surface area contributed by atoms with Crippen LogP contribution < -0.4 is 4.90 Å². The maximum Gasteiger partial charge on any atom is 0.233 e. The first-order valence-electron chi connectivity index (χ1n) is 10.1. The SMILES string of the molecule is CN(Cc1ccc(N(C)C)cc1)C(=O)CSc1nnc(Cc2cccs2)n1C1CC1. The largest absolute Gasteiger partial charge is 0.378 e. The van der Waals surface area contributed by atoms with Gasteiger partial charge in [0, 0.05) is 50.7 Å². The Morgan fingerprint density at radius 3 is 2.57 bits per heavy atom. The Balaban J connectivity index is 1.35. The maximum atomic E-state index is 12.7. The first-order chi connectivity index (χ1) is 14.5. The van der Waals surface area contributed by atoms with Gasteiger partial charge in [0.2, 0.25) is 5.91 Å². The van der Waals surface area contributed by atoms with Crippen LogP contribution in [0.15, 0.2) is 46.9 Å². The van der Waals surface area contributed by atoms with Gasteiger partial charge in [0.05, 0.1) is 5.75 Å². The van der Waals surface area contributed by atoms with Crippen molar-refractivity contribution in [3.8, 4) is 0 Å². The Morgan fingerprint density at radius 2 is 1.93 bits per heavy atom. The summed E-state index contributed by atoms with van der Waals surface area (Å²) in [5.41, 5.74) is 2.28. The van der Waals surface area contributed by atoms with E-state index in [-0.39, 0.29) is 5.91 Å². The minimum absolute atomic E-state index is 0.0989. The van der Waals surface area contributed by atoms with E-state index in [4.69, 9.17) is 0 Å². The number of hydrogen-bond donors (Lipinski definition) is 0. The van der Waals surface area contributed by atoms with Crippen LogP contribution in [0, 0.1) is 0 Å². The lowest BCUT2D eigenvalue weighted by atomic mass is 10.2. The summed E-state index contributed by atoms with van der Waals surface area (Å²) in [5.74, 6) is 1.47. The zero-order valence-electron chi connectivity index (χ0n) is 17.6. The van der Waals surface area contributed by atoms with E-state index in [2.05, 4.69) is 61.4 Å². The molecule has 1 aromatic carbocycles. The Labute approximate surface area is 185 Å². The lowest BCUT2D eigenvalue weighted by Crippen LogP contribution is -2.28. The number of benzene rings is 1. The molecule has 8 heteroatoms. The second-order valence-electron chi connectivity index (χ2n) is 7.86. The average Bonchev–Trinajstić information content (AvgIpc) is 3.28. The number of thioether (sulfide) groups is 1. The number of rotatable bonds is 9. The molecule has 2 aromatic heterocycles. The van der Waals surface area contributed by atoms with Crippen molar-refractivity contribution in [1.29, 1.82) is 0 Å². The number of carbonyl (C=O) groups is 1. The fraction of sp³-hybridized carbons (Fsp3) is 0.409. The summed E-state index contributed by atoms with van der Waals surface area (Å²) in [6.07, 6.45) is 3.14. The van der Waals surface area contributed by atoms with Crippen LogP contribution in [0.2, 0.25) is 0 Å². The van der Waals surface area contributed by atoms with Crippen molar-refractivity contribution in [1.82, 2.24) is 19.7 Å². The van der Waals surface area contributed by atoms with E-state index in [0.29, 0.717) is 18.3 Å². The molecule has 0 saturated heterocycles. The molecule has 1 amide bonds. The monoisotopic (exact) mass is 441 g/mol. The molecule has 0 spiro atoms. The van der Waals surface area contributed by atoms with E-state index in [1.807, 2.05) is 21.1 Å². The van der Waals surface area contributed by atoms with Crippen LogP contribution in [-0.4, -0.2) is 52.5 Å². The van der Waals surface area contributed by atoms with Gasteiger partial charge in [-0.05, 0) is 42.0 Å². The molecule has 0 radical (unpaired) electrons. The number of hydrogen-bond acceptors (Lipinski definition) is 6. The Bertz CT molecular complexity index is 978. The normalized spacial score (nSPS) is 13.4. The van der Waals surface area contributed by atoms with Gasteiger partial charge in [0.15, 0.2) is 5.16 Å². The van der Waals surface area contributed by atoms with Gasteiger partial charge in [-0.2, -0.15) is 0 Å². The second-order valence-corrected chi connectivity index (χ2v) is 9.83. The Kier molecular flexibility index (Phi) is 6.43. The highest BCUT2D eigenvalue weighted by Gasteiger charge is 2.30. The lowest BCUT2D eigenvalue weighted by molar-refractivity contribution is -0.127. The molecule has 0 bridgehead atoms. The van der Waals surface area contributed by atoms with Crippen molar-refractivity contribution < 1.29 is 4.79 Å². The smallest absolute Gasteiger partial charge is 0.233 e. The molecular weight excluding hydrogens is 414 g/mol. The predicted octanol–water partition coefficient (Wildman–Crippen LogP) is 4.08. The fourth-order valence-electron chi connectivity index (χ4n) is 3.29. The van der Waals surface area contributed by atoms with Crippen LogP contribution in [0.25, 0.3) is 0 Å². The third-order valence-corrected chi connectivity index (χ3v) is 6.99. The van der Waals surface area contributed by atoms with E-state index in [9.17, 15) is 4.79 Å². The number of amides is 1. The maximum absolute atomic E-state index is 12.7. The van der Waals surface area contributed by atoms with E-state index in [1.165, 1.54) is 29.5 Å². The third-order valence-electron chi connectivity index (χ3n) is 5.18. The van der Waals surface area contributed by atoms with Gasteiger partial charge in [-0.3, -0.25) is 4.79 Å². The highest BCUT2D eigenvalue weighted by atomic mass is 32.2. The molecule has 1 aliphatic rings. The molecule has 1 fully saturated rings. The first kappa shape index (κ1) is 20.9. The first-order valence-corrected chi connectivity index (χ1v) is 12.0. The summed E-state index contributed by atoms with van der Waals surface area (Å²) in [5, 5.41) is 11.8. The van der Waals surface area contributed by atoms with Crippen LogP contribution in [0.3, 0.4) is 0 Å². The van der Waals surface area contributed by atoms with Gasteiger partial charge in [-0.1, -0.05) is 30.0 Å². The third kappa shape index (κ3) is 5.05. The molecule has 1 saturated carbocycles. The molecule has 6 nitrogen and oxygen atoms in total. The van der Waals surface area contributed by atoms with Crippen molar-refractivity contribution in [3.63, 3.8) is 0 Å². The molecule has 158 valence electrons. The van der Waals surface area contributed by atoms with Gasteiger partial charge in [-0.25, -0.2) is 0 Å². The molecule has 0 unspecified atom stereocenters. The summed E-state index contributed by atoms with van der Waals surface area (Å²) < 4.78 is 2.25. The van der Waals surface area contributed by atoms with Crippen molar-refractivity contribution >= 4 is 34.7 Å². The van der Waals surface area contributed by atoms with Crippen LogP contribution >= 0.6 is 23.1 Å². The molecule has 2 heterocycles. The number of carbonyl (C=O) groups excluding carboxylic acids is 1. The number of anilines is 1. The molecule has 0 N–H and O–H groups in total. The van der Waals surface area contributed by atoms with Gasteiger partial charge in [0.1, 0.15) is 5.82 Å². The van der Waals surface area contributed by atoms with Gasteiger partial charge < -0.3 is 14.4 Å². The summed E-state index contributed by atoms with van der Waals surface area (Å²) in [7, 11) is 5.90. The quantitative estimate of drug-likeness (QED) is 0.468. The second kappa shape index (κ2) is 9.22. The van der Waals surface area contributed by atoms with Crippen molar-refractivity contribution in [3.05, 3.63) is 58.0 Å². The molecule has 30 heavy (non-hydrogen) atoms. The average molecular weight is 442 g/mol. The minimum Gasteiger partial charge on any atom is -0.378 e. The lowest BCUT2D eigenvalue weighted by Gasteiger charge is -2.18. The number of nitrogens with zero attached hydrogens (tertiary/aromatic N) is 5. The van der Waals surface area contributed by atoms with Crippen LogP contribution in [0.5, 0.6) is 0 Å². The summed E-state index contributed by atoms with van der Waals surface area (Å²) in [6.45, 7) is 0.603. The Morgan fingerprint density at radius 1 is 1.17 bits per heavy atom. The fourth-order valence-corrected chi connectivity index (χ4v) is 4.96. The zero-order valence-corrected chi connectivity index (χ0v) is 19.2. The van der Waals surface area contributed by atoms with Crippen LogP contribution in [0.1, 0.15) is 35.1 Å². The van der Waals surface area contributed by atoms with E-state index in [1.54, 1.807) is 16.2 Å². The van der Waals surface area contributed by atoms with Crippen molar-refractivity contribution in [2.24, 2.45) is 0 Å². The van der Waals surface area contributed by atoms with Gasteiger partial charge in [0.25, 0.3) is 0 Å². The van der Waals surface area contributed by atoms with E-state index >= 15 is 0 Å². The highest BCUT2D eigenvalue weighted by Crippen LogP contribution is 2.39. The molecule has 0 aliphatic heterocycles. The number of aromatic nitrogens is 3. The van der Waals surface area contributed by atoms with Gasteiger partial charge >= 0.3 is 0 Å². The highest BCUT2D eigenvalue weighted by molar-refractivity contribution is 7.99.